The van der Waals surface area contributed by atoms with Gasteiger partial charge in [-0.2, -0.15) is 13.2 Å². The van der Waals surface area contributed by atoms with Gasteiger partial charge in [0, 0.05) is 25.2 Å². The molecule has 2 unspecified atom stereocenters. The third-order valence-corrected chi connectivity index (χ3v) is 10.7. The molecule has 0 spiro atoms. The number of hydrogen-bond donors (Lipinski definition) is 1. The van der Waals surface area contributed by atoms with Gasteiger partial charge in [-0.1, -0.05) is 55.0 Å². The molecule has 1 fully saturated rings. The highest BCUT2D eigenvalue weighted by Gasteiger charge is 2.45. The number of allylic oxidation sites excluding steroid dienone is 4. The molecule has 13 heteroatoms. The predicted molar refractivity (Wildman–Crippen MR) is 163 cm³/mol. The van der Waals surface area contributed by atoms with Crippen molar-refractivity contribution in [3.05, 3.63) is 82.2 Å². The van der Waals surface area contributed by atoms with Gasteiger partial charge in [-0.3, -0.25) is 4.31 Å². The van der Waals surface area contributed by atoms with Gasteiger partial charge in [0.1, 0.15) is 11.1 Å². The first-order chi connectivity index (χ1) is 19.7. The first kappa shape index (κ1) is 30.4. The van der Waals surface area contributed by atoms with E-state index in [1.54, 1.807) is 49.1 Å². The van der Waals surface area contributed by atoms with Crippen molar-refractivity contribution in [2.75, 3.05) is 35.4 Å². The van der Waals surface area contributed by atoms with E-state index in [1.165, 1.54) is 22.5 Å². The van der Waals surface area contributed by atoms with Gasteiger partial charge in [-0.25, -0.2) is 12.8 Å². The average Bonchev–Trinajstić information content (AvgIpc) is 2.91. The van der Waals surface area contributed by atoms with Crippen LogP contribution in [0.1, 0.15) is 25.0 Å². The van der Waals surface area contributed by atoms with E-state index in [-0.39, 0.29) is 28.3 Å². The summed E-state index contributed by atoms with van der Waals surface area (Å²) >= 11 is 11.4. The zero-order valence-corrected chi connectivity index (χ0v) is 25.2. The number of thiocarbonyl (C=S) groups is 1. The summed E-state index contributed by atoms with van der Waals surface area (Å²) in [6.45, 7) is 4.67. The van der Waals surface area contributed by atoms with Crippen molar-refractivity contribution in [2.45, 2.75) is 31.3 Å². The van der Waals surface area contributed by atoms with Gasteiger partial charge in [-0.05, 0) is 60.5 Å². The molecule has 1 saturated heterocycles. The van der Waals surface area contributed by atoms with Crippen LogP contribution < -0.4 is 14.9 Å². The molecule has 1 aliphatic carbocycles. The minimum atomic E-state index is -4.69. The Morgan fingerprint density at radius 1 is 1.14 bits per heavy atom. The number of hydrogen-bond acceptors (Lipinski definition) is 4. The van der Waals surface area contributed by atoms with Crippen molar-refractivity contribution in [2.24, 2.45) is 11.7 Å². The van der Waals surface area contributed by atoms with Crippen LogP contribution in [0, 0.1) is 11.7 Å². The number of fused-ring (bicyclic) bond motifs is 3. The summed E-state index contributed by atoms with van der Waals surface area (Å²) in [6, 6.07) is 9.27. The van der Waals surface area contributed by atoms with Gasteiger partial charge in [0.25, 0.3) is 0 Å². The Balaban J connectivity index is 1.62. The number of nitrogens with zero attached hydrogens (tertiary/aromatic N) is 3. The van der Waals surface area contributed by atoms with Crippen LogP contribution in [-0.4, -0.2) is 62.1 Å². The Morgan fingerprint density at radius 2 is 1.88 bits per heavy atom. The van der Waals surface area contributed by atoms with Crippen LogP contribution in [0.15, 0.2) is 60.2 Å². The van der Waals surface area contributed by atoms with E-state index < -0.39 is 38.8 Å². The lowest BCUT2D eigenvalue weighted by molar-refractivity contribution is -0.0886. The highest BCUT2D eigenvalue weighted by molar-refractivity contribution is 7.93. The van der Waals surface area contributed by atoms with Gasteiger partial charge in [-0.15, -0.1) is 0 Å². The van der Waals surface area contributed by atoms with E-state index in [9.17, 15) is 26.0 Å². The lowest BCUT2D eigenvalue weighted by atomic mass is 9.98. The highest BCUT2D eigenvalue weighted by Crippen LogP contribution is 2.43. The fourth-order valence-corrected chi connectivity index (χ4v) is 8.30. The summed E-state index contributed by atoms with van der Waals surface area (Å²) in [7, 11) is -4.35. The number of piperazine rings is 1. The van der Waals surface area contributed by atoms with Gasteiger partial charge < -0.3 is 15.5 Å². The number of nitrogens with two attached hydrogens (primary N) is 1. The fourth-order valence-electron chi connectivity index (χ4n) is 5.77. The lowest BCUT2D eigenvalue weighted by Crippen LogP contribution is -2.62. The third kappa shape index (κ3) is 5.63. The number of anilines is 2. The Labute approximate surface area is 252 Å². The lowest BCUT2D eigenvalue weighted by Gasteiger charge is -2.49. The van der Waals surface area contributed by atoms with Crippen molar-refractivity contribution >= 4 is 62.0 Å². The summed E-state index contributed by atoms with van der Waals surface area (Å²) in [5.41, 5.74) is 7.15. The van der Waals surface area contributed by atoms with Crippen LogP contribution in [0.4, 0.5) is 28.9 Å². The van der Waals surface area contributed by atoms with Crippen molar-refractivity contribution in [3.8, 4) is 0 Å². The first-order valence-corrected chi connectivity index (χ1v) is 15.5. The quantitative estimate of drug-likeness (QED) is 0.252. The topological polar surface area (TPSA) is 69.9 Å². The zero-order chi connectivity index (χ0) is 30.6. The van der Waals surface area contributed by atoms with Crippen LogP contribution in [-0.2, 0) is 10.0 Å². The molecule has 6 nitrogen and oxygen atoms in total. The molecule has 2 aliphatic heterocycles. The Hall–Kier alpha value is -3.09. The summed E-state index contributed by atoms with van der Waals surface area (Å²) in [6.07, 6.45) is -0.00520. The maximum absolute atomic E-state index is 14.6. The van der Waals surface area contributed by atoms with Gasteiger partial charge in [0.2, 0.25) is 10.0 Å². The van der Waals surface area contributed by atoms with Gasteiger partial charge >= 0.3 is 6.18 Å². The number of alkyl halides is 3. The van der Waals surface area contributed by atoms with Gasteiger partial charge in [0.15, 0.2) is 5.11 Å². The zero-order valence-electron chi connectivity index (χ0n) is 22.8. The SMILES string of the molecule is C/C(=C\c1ccc2c(c1)N(S(=O)(=O)C1C=C(C(F)(F)F)C=CC1C)C[C@@H]1CN(C(N)=S)CCN21)c1c(F)cccc1Cl. The molecule has 5 rings (SSSR count). The second-order valence-corrected chi connectivity index (χ2v) is 13.5. The number of benzene rings is 2. The Kier molecular flexibility index (Phi) is 8.10. The molecule has 2 N–H and O–H groups in total. The molecule has 0 amide bonds. The van der Waals surface area contributed by atoms with Gasteiger partial charge in [0.05, 0.1) is 34.6 Å². The molecule has 0 saturated carbocycles. The molecule has 0 bridgehead atoms. The monoisotopic (exact) mass is 640 g/mol. The van der Waals surface area contributed by atoms with E-state index in [4.69, 9.17) is 29.6 Å². The average molecular weight is 641 g/mol. The molecule has 2 aromatic carbocycles. The summed E-state index contributed by atoms with van der Waals surface area (Å²) in [4.78, 5) is 3.87. The van der Waals surface area contributed by atoms with E-state index >= 15 is 0 Å². The standard InChI is InChI=1S/C29H29ClF4N4O2S2/c1-17-6-8-20(29(32,33)34)14-26(17)42(39,40)38-16-21-15-36(28(35)41)10-11-37(21)24-9-7-19(13-25(24)38)12-18(2)27-22(30)4-3-5-23(27)31/h3-9,12-14,17,21,26H,10-11,15-16H2,1-2H3,(H2,35,41)/b18-12+/t17?,21-,26?/m0/s1. The smallest absolute Gasteiger partial charge is 0.376 e. The molecule has 2 aromatic rings. The summed E-state index contributed by atoms with van der Waals surface area (Å²) in [5, 5.41) is -1.01. The minimum Gasteiger partial charge on any atom is -0.376 e. The van der Waals surface area contributed by atoms with E-state index in [1.807, 2.05) is 0 Å². The molecule has 2 heterocycles. The number of rotatable bonds is 4. The van der Waals surface area contributed by atoms with Crippen LogP contribution in [0.5, 0.6) is 0 Å². The third-order valence-electron chi connectivity index (χ3n) is 7.91. The number of halogens is 5. The predicted octanol–water partition coefficient (Wildman–Crippen LogP) is 5.99. The largest absolute Gasteiger partial charge is 0.416 e. The molecule has 42 heavy (non-hydrogen) atoms. The molecular formula is C29H29ClF4N4O2S2. The second kappa shape index (κ2) is 11.2. The van der Waals surface area contributed by atoms with Crippen LogP contribution >= 0.6 is 23.8 Å². The first-order valence-electron chi connectivity index (χ1n) is 13.2. The van der Waals surface area contributed by atoms with Crippen molar-refractivity contribution in [1.29, 1.82) is 0 Å². The van der Waals surface area contributed by atoms with Crippen molar-refractivity contribution in [1.82, 2.24) is 4.90 Å². The minimum absolute atomic E-state index is 0.0120. The summed E-state index contributed by atoms with van der Waals surface area (Å²) < 4.78 is 85.1. The molecule has 0 aromatic heterocycles. The van der Waals surface area contributed by atoms with Crippen molar-refractivity contribution < 1.29 is 26.0 Å². The normalized spacial score (nSPS) is 22.9. The Morgan fingerprint density at radius 3 is 2.55 bits per heavy atom. The maximum atomic E-state index is 14.6. The number of sulfonamides is 1. The molecule has 3 atom stereocenters. The molecule has 3 aliphatic rings. The van der Waals surface area contributed by atoms with Crippen LogP contribution in [0.3, 0.4) is 0 Å². The van der Waals surface area contributed by atoms with Crippen LogP contribution in [0.2, 0.25) is 5.02 Å². The highest BCUT2D eigenvalue weighted by atomic mass is 35.5. The van der Waals surface area contributed by atoms with Crippen molar-refractivity contribution in [3.63, 3.8) is 0 Å². The fraction of sp³-hybridized carbons (Fsp3) is 0.345. The van der Waals surface area contributed by atoms with E-state index in [0.29, 0.717) is 42.1 Å². The van der Waals surface area contributed by atoms with E-state index in [0.717, 1.165) is 12.2 Å². The second-order valence-electron chi connectivity index (χ2n) is 10.7. The summed E-state index contributed by atoms with van der Waals surface area (Å²) in [5.74, 6) is -1.20. The van der Waals surface area contributed by atoms with Crippen LogP contribution in [0.25, 0.3) is 11.6 Å². The molecule has 224 valence electrons. The molecule has 0 radical (unpaired) electrons. The molecular weight excluding hydrogens is 612 g/mol. The maximum Gasteiger partial charge on any atom is 0.416 e. The Bertz CT molecular complexity index is 1600. The van der Waals surface area contributed by atoms with E-state index in [2.05, 4.69) is 4.90 Å².